The van der Waals surface area contributed by atoms with Crippen LogP contribution in [-0.4, -0.2) is 27.5 Å². The molecule has 2 atom stereocenters. The lowest BCUT2D eigenvalue weighted by Gasteiger charge is -2.22. The lowest BCUT2D eigenvalue weighted by molar-refractivity contribution is 0.0720. The molecule has 0 aromatic carbocycles. The third kappa shape index (κ3) is 2.09. The minimum absolute atomic E-state index is 0.211. The molecule has 0 spiro atoms. The van der Waals surface area contributed by atoms with Gasteiger partial charge in [-0.3, -0.25) is 4.57 Å². The van der Waals surface area contributed by atoms with Crippen molar-refractivity contribution in [3.8, 4) is 0 Å². The number of hydrogen-bond donors (Lipinski definition) is 0. The van der Waals surface area contributed by atoms with Gasteiger partial charge in [-0.15, -0.1) is 10.2 Å². The fourth-order valence-corrected chi connectivity index (χ4v) is 2.48. The van der Waals surface area contributed by atoms with Crippen molar-refractivity contribution in [2.45, 2.75) is 51.7 Å². The van der Waals surface area contributed by atoms with Crippen molar-refractivity contribution in [2.24, 2.45) is 0 Å². The average Bonchev–Trinajstić information content (AvgIpc) is 2.84. The fourth-order valence-electron chi connectivity index (χ4n) is 2.20. The Morgan fingerprint density at radius 2 is 2.12 bits per heavy atom. The van der Waals surface area contributed by atoms with Crippen LogP contribution in [0.4, 0.5) is 0 Å². The van der Waals surface area contributed by atoms with Crippen LogP contribution in [0.15, 0.2) is 0 Å². The van der Waals surface area contributed by atoms with Crippen LogP contribution in [0.1, 0.15) is 51.4 Å². The Balaban J connectivity index is 2.27. The summed E-state index contributed by atoms with van der Waals surface area (Å²) in [7, 11) is 0. The minimum atomic E-state index is 0.211. The first-order valence-corrected chi connectivity index (χ1v) is 6.21. The second-order valence-electron chi connectivity index (χ2n) is 4.64. The largest absolute Gasteiger partial charge is 0.376 e. The van der Waals surface area contributed by atoms with E-state index in [0.29, 0.717) is 11.2 Å². The highest BCUT2D eigenvalue weighted by Crippen LogP contribution is 2.29. The van der Waals surface area contributed by atoms with Crippen LogP contribution in [-0.2, 0) is 4.74 Å². The maximum absolute atomic E-state index is 6.10. The first kappa shape index (κ1) is 11.9. The molecule has 1 aromatic rings. The lowest BCUT2D eigenvalue weighted by Crippen LogP contribution is -2.23. The van der Waals surface area contributed by atoms with E-state index in [-0.39, 0.29) is 12.1 Å². The summed E-state index contributed by atoms with van der Waals surface area (Å²) in [6.07, 6.45) is 2.46. The van der Waals surface area contributed by atoms with Crippen LogP contribution in [0.5, 0.6) is 0 Å². The van der Waals surface area contributed by atoms with Crippen molar-refractivity contribution in [3.63, 3.8) is 0 Å². The normalized spacial score (nSPS) is 22.9. The molecule has 2 rings (SSSR count). The third-order valence-corrected chi connectivity index (χ3v) is 3.36. The minimum Gasteiger partial charge on any atom is -0.376 e. The van der Waals surface area contributed by atoms with E-state index in [0.717, 1.165) is 25.3 Å². The number of nitrogens with zero attached hydrogens (tertiary/aromatic N) is 3. The van der Waals surface area contributed by atoms with E-state index in [9.17, 15) is 0 Å². The van der Waals surface area contributed by atoms with E-state index >= 15 is 0 Å². The van der Waals surface area contributed by atoms with Gasteiger partial charge in [0, 0.05) is 12.5 Å². The molecule has 0 aliphatic carbocycles. The summed E-state index contributed by atoms with van der Waals surface area (Å²) in [5, 5.41) is 8.55. The zero-order valence-electron chi connectivity index (χ0n) is 9.98. The lowest BCUT2D eigenvalue weighted by atomic mass is 10.1. The van der Waals surface area contributed by atoms with Gasteiger partial charge in [-0.05, 0) is 31.4 Å². The Kier molecular flexibility index (Phi) is 3.50. The molecule has 1 aromatic heterocycles. The quantitative estimate of drug-likeness (QED) is 0.820. The van der Waals surface area contributed by atoms with Gasteiger partial charge in [-0.25, -0.2) is 0 Å². The van der Waals surface area contributed by atoms with Crippen molar-refractivity contribution >= 4 is 11.6 Å². The molecule has 2 unspecified atom stereocenters. The monoisotopic (exact) mass is 243 g/mol. The van der Waals surface area contributed by atoms with Gasteiger partial charge in [0.1, 0.15) is 5.82 Å². The second kappa shape index (κ2) is 4.72. The summed E-state index contributed by atoms with van der Waals surface area (Å²) >= 11 is 6.10. The summed E-state index contributed by atoms with van der Waals surface area (Å²) in [5.41, 5.74) is 0. The van der Waals surface area contributed by atoms with E-state index < -0.39 is 0 Å². The highest BCUT2D eigenvalue weighted by Gasteiger charge is 2.28. The molecule has 16 heavy (non-hydrogen) atoms. The van der Waals surface area contributed by atoms with Crippen LogP contribution in [0.25, 0.3) is 0 Å². The SMILES string of the molecule is CC(C)c1nnc(Cl)n1C(C)C1CCCO1. The summed E-state index contributed by atoms with van der Waals surface area (Å²) < 4.78 is 7.70. The van der Waals surface area contributed by atoms with Crippen molar-refractivity contribution in [1.29, 1.82) is 0 Å². The molecular formula is C11H18ClN3O. The molecule has 0 saturated carbocycles. The Morgan fingerprint density at radius 1 is 1.38 bits per heavy atom. The van der Waals surface area contributed by atoms with Gasteiger partial charge < -0.3 is 4.74 Å². The van der Waals surface area contributed by atoms with E-state index in [4.69, 9.17) is 16.3 Å². The van der Waals surface area contributed by atoms with Crippen molar-refractivity contribution in [1.82, 2.24) is 14.8 Å². The molecule has 1 aliphatic rings. The van der Waals surface area contributed by atoms with Gasteiger partial charge in [-0.1, -0.05) is 13.8 Å². The van der Waals surface area contributed by atoms with Gasteiger partial charge >= 0.3 is 0 Å². The topological polar surface area (TPSA) is 39.9 Å². The maximum Gasteiger partial charge on any atom is 0.225 e. The van der Waals surface area contributed by atoms with E-state index in [1.165, 1.54) is 0 Å². The van der Waals surface area contributed by atoms with Gasteiger partial charge in [0.2, 0.25) is 5.28 Å². The summed E-state index contributed by atoms with van der Waals surface area (Å²) in [5.74, 6) is 1.26. The van der Waals surface area contributed by atoms with E-state index in [2.05, 4.69) is 31.0 Å². The Labute approximate surface area is 101 Å². The molecule has 0 amide bonds. The van der Waals surface area contributed by atoms with E-state index in [1.54, 1.807) is 0 Å². The first-order chi connectivity index (χ1) is 7.61. The standard InChI is InChI=1S/C11H18ClN3O/c1-7(2)10-13-14-11(12)15(10)8(3)9-5-4-6-16-9/h7-9H,4-6H2,1-3H3. The van der Waals surface area contributed by atoms with Crippen molar-refractivity contribution in [2.75, 3.05) is 6.61 Å². The van der Waals surface area contributed by atoms with E-state index in [1.807, 2.05) is 4.57 Å². The van der Waals surface area contributed by atoms with Crippen LogP contribution in [0.3, 0.4) is 0 Å². The first-order valence-electron chi connectivity index (χ1n) is 5.83. The number of rotatable bonds is 3. The third-order valence-electron chi connectivity index (χ3n) is 3.11. The summed E-state index contributed by atoms with van der Waals surface area (Å²) in [6.45, 7) is 7.17. The number of halogens is 1. The van der Waals surface area contributed by atoms with Crippen LogP contribution >= 0.6 is 11.6 Å². The molecule has 2 heterocycles. The molecule has 1 saturated heterocycles. The van der Waals surface area contributed by atoms with Gasteiger partial charge in [-0.2, -0.15) is 0 Å². The predicted octanol–water partition coefficient (Wildman–Crippen LogP) is 2.79. The van der Waals surface area contributed by atoms with Crippen LogP contribution < -0.4 is 0 Å². The Morgan fingerprint density at radius 3 is 2.69 bits per heavy atom. The highest BCUT2D eigenvalue weighted by atomic mass is 35.5. The average molecular weight is 244 g/mol. The smallest absolute Gasteiger partial charge is 0.225 e. The van der Waals surface area contributed by atoms with Crippen molar-refractivity contribution in [3.05, 3.63) is 11.1 Å². The predicted molar refractivity (Wildman–Crippen MR) is 62.8 cm³/mol. The maximum atomic E-state index is 6.10. The zero-order chi connectivity index (χ0) is 11.7. The molecule has 90 valence electrons. The molecule has 1 aliphatic heterocycles. The van der Waals surface area contributed by atoms with Crippen LogP contribution in [0, 0.1) is 0 Å². The summed E-state index contributed by atoms with van der Waals surface area (Å²) in [6, 6.07) is 0.211. The highest BCUT2D eigenvalue weighted by molar-refractivity contribution is 6.28. The molecule has 1 fully saturated rings. The molecule has 0 bridgehead atoms. The Bertz CT molecular complexity index is 358. The van der Waals surface area contributed by atoms with Crippen molar-refractivity contribution < 1.29 is 4.74 Å². The molecule has 0 N–H and O–H groups in total. The molecule has 5 heteroatoms. The second-order valence-corrected chi connectivity index (χ2v) is 4.98. The van der Waals surface area contributed by atoms with Gasteiger partial charge in [0.05, 0.1) is 12.1 Å². The zero-order valence-corrected chi connectivity index (χ0v) is 10.7. The Hall–Kier alpha value is -0.610. The summed E-state index contributed by atoms with van der Waals surface area (Å²) in [4.78, 5) is 0. The number of aromatic nitrogens is 3. The molecule has 0 radical (unpaired) electrons. The van der Waals surface area contributed by atoms with Gasteiger partial charge in [0.25, 0.3) is 0 Å². The molecule has 4 nitrogen and oxygen atoms in total. The molecular weight excluding hydrogens is 226 g/mol. The van der Waals surface area contributed by atoms with Gasteiger partial charge in [0.15, 0.2) is 0 Å². The number of ether oxygens (including phenoxy) is 1. The van der Waals surface area contributed by atoms with Crippen LogP contribution in [0.2, 0.25) is 5.28 Å². The fraction of sp³-hybridized carbons (Fsp3) is 0.818. The number of hydrogen-bond acceptors (Lipinski definition) is 3.